The first-order valence-electron chi connectivity index (χ1n) is 3.58. The summed E-state index contributed by atoms with van der Waals surface area (Å²) in [5, 5.41) is 18.5. The van der Waals surface area contributed by atoms with Crippen LogP contribution in [0.5, 0.6) is 5.75 Å². The number of phenolic OH excluding ortho intramolecular Hbond substituents is 1. The summed E-state index contributed by atoms with van der Waals surface area (Å²) in [5.41, 5.74) is 0.824. The SMILES string of the molecule is N#CC(Br)(CBr)c1ccc(O)cc1. The van der Waals surface area contributed by atoms with Gasteiger partial charge in [-0.1, -0.05) is 44.0 Å². The first kappa shape index (κ1) is 10.6. The summed E-state index contributed by atoms with van der Waals surface area (Å²) in [7, 11) is 0. The molecule has 0 fully saturated rings. The van der Waals surface area contributed by atoms with Gasteiger partial charge in [-0.25, -0.2) is 0 Å². The summed E-state index contributed by atoms with van der Waals surface area (Å²) < 4.78 is -0.708. The summed E-state index contributed by atoms with van der Waals surface area (Å²) in [5.74, 6) is 0.200. The van der Waals surface area contributed by atoms with Crippen molar-refractivity contribution in [1.29, 1.82) is 5.26 Å². The summed E-state index contributed by atoms with van der Waals surface area (Å²) in [6, 6.07) is 8.71. The lowest BCUT2D eigenvalue weighted by Crippen LogP contribution is -2.16. The molecule has 0 aromatic heterocycles. The topological polar surface area (TPSA) is 44.0 Å². The average Bonchev–Trinajstić information content (AvgIpc) is 2.18. The quantitative estimate of drug-likeness (QED) is 0.854. The van der Waals surface area contributed by atoms with E-state index in [2.05, 4.69) is 37.9 Å². The van der Waals surface area contributed by atoms with Gasteiger partial charge in [-0.15, -0.1) is 0 Å². The number of phenols is 1. The van der Waals surface area contributed by atoms with Gasteiger partial charge in [-0.3, -0.25) is 0 Å². The molecular formula is C9H7Br2NO. The number of nitrogens with zero attached hydrogens (tertiary/aromatic N) is 1. The smallest absolute Gasteiger partial charge is 0.146 e. The number of hydrogen-bond acceptors (Lipinski definition) is 2. The number of benzene rings is 1. The highest BCUT2D eigenvalue weighted by atomic mass is 79.9. The summed E-state index contributed by atoms with van der Waals surface area (Å²) in [4.78, 5) is 0. The molecule has 0 aliphatic heterocycles. The van der Waals surface area contributed by atoms with Gasteiger partial charge in [-0.2, -0.15) is 5.26 Å². The minimum atomic E-state index is -0.708. The summed E-state index contributed by atoms with van der Waals surface area (Å²) >= 11 is 6.58. The maximum atomic E-state index is 9.06. The van der Waals surface area contributed by atoms with Crippen LogP contribution in [0.15, 0.2) is 24.3 Å². The van der Waals surface area contributed by atoms with Gasteiger partial charge in [0.25, 0.3) is 0 Å². The monoisotopic (exact) mass is 303 g/mol. The molecule has 0 aliphatic carbocycles. The molecule has 0 saturated heterocycles. The van der Waals surface area contributed by atoms with E-state index in [1.807, 2.05) is 0 Å². The maximum Gasteiger partial charge on any atom is 0.146 e. The van der Waals surface area contributed by atoms with E-state index in [0.717, 1.165) is 5.56 Å². The Bertz CT molecular complexity index is 330. The van der Waals surface area contributed by atoms with E-state index < -0.39 is 4.32 Å². The lowest BCUT2D eigenvalue weighted by Gasteiger charge is -2.16. The van der Waals surface area contributed by atoms with Gasteiger partial charge in [0.1, 0.15) is 10.1 Å². The number of alkyl halides is 2. The van der Waals surface area contributed by atoms with Crippen molar-refractivity contribution >= 4 is 31.9 Å². The van der Waals surface area contributed by atoms with E-state index >= 15 is 0 Å². The first-order chi connectivity index (χ1) is 6.12. The lowest BCUT2D eigenvalue weighted by molar-refractivity contribution is 0.475. The van der Waals surface area contributed by atoms with Gasteiger partial charge in [0, 0.05) is 5.33 Å². The predicted octanol–water partition coefficient (Wildman–Crippen LogP) is 2.90. The fourth-order valence-electron chi connectivity index (χ4n) is 0.897. The molecule has 68 valence electrons. The summed E-state index contributed by atoms with van der Waals surface area (Å²) in [6.07, 6.45) is 0. The van der Waals surface area contributed by atoms with Crippen LogP contribution in [0.3, 0.4) is 0 Å². The van der Waals surface area contributed by atoms with Gasteiger partial charge >= 0.3 is 0 Å². The van der Waals surface area contributed by atoms with E-state index in [1.54, 1.807) is 24.3 Å². The van der Waals surface area contributed by atoms with Crippen LogP contribution in [0.2, 0.25) is 0 Å². The molecule has 0 bridgehead atoms. The van der Waals surface area contributed by atoms with Gasteiger partial charge in [0.15, 0.2) is 0 Å². The zero-order valence-corrected chi connectivity index (χ0v) is 9.84. The highest BCUT2D eigenvalue weighted by Crippen LogP contribution is 2.33. The van der Waals surface area contributed by atoms with Crippen molar-refractivity contribution in [3.63, 3.8) is 0 Å². The van der Waals surface area contributed by atoms with Crippen LogP contribution in [0.1, 0.15) is 5.56 Å². The molecule has 1 rings (SSSR count). The zero-order valence-electron chi connectivity index (χ0n) is 6.67. The van der Waals surface area contributed by atoms with Crippen molar-refractivity contribution in [2.45, 2.75) is 4.32 Å². The van der Waals surface area contributed by atoms with Crippen LogP contribution < -0.4 is 0 Å². The van der Waals surface area contributed by atoms with E-state index in [1.165, 1.54) is 0 Å². The number of rotatable bonds is 2. The third-order valence-corrected chi connectivity index (χ3v) is 4.20. The van der Waals surface area contributed by atoms with E-state index in [4.69, 9.17) is 10.4 Å². The van der Waals surface area contributed by atoms with Crippen LogP contribution in [0.25, 0.3) is 0 Å². The molecule has 0 spiro atoms. The molecule has 1 aromatic carbocycles. The van der Waals surface area contributed by atoms with Crippen LogP contribution in [0, 0.1) is 11.3 Å². The second-order valence-corrected chi connectivity index (χ2v) is 4.51. The standard InChI is InChI=1S/C9H7Br2NO/c10-5-9(11,6-12)7-1-3-8(13)4-2-7/h1-4,13H,5H2. The number of halogens is 2. The van der Waals surface area contributed by atoms with Crippen LogP contribution in [-0.2, 0) is 4.32 Å². The van der Waals surface area contributed by atoms with E-state index in [0.29, 0.717) is 5.33 Å². The molecule has 0 saturated carbocycles. The van der Waals surface area contributed by atoms with Crippen LogP contribution >= 0.6 is 31.9 Å². The lowest BCUT2D eigenvalue weighted by atomic mass is 10.0. The normalized spacial score (nSPS) is 14.5. The third-order valence-electron chi connectivity index (χ3n) is 1.69. The highest BCUT2D eigenvalue weighted by Gasteiger charge is 2.27. The molecule has 0 radical (unpaired) electrons. The molecule has 0 heterocycles. The van der Waals surface area contributed by atoms with Gasteiger partial charge in [0.05, 0.1) is 6.07 Å². The second-order valence-electron chi connectivity index (χ2n) is 2.59. The number of aromatic hydroxyl groups is 1. The third kappa shape index (κ3) is 2.23. The minimum Gasteiger partial charge on any atom is -0.508 e. The Hall–Kier alpha value is -0.530. The Morgan fingerprint density at radius 3 is 2.31 bits per heavy atom. The maximum absolute atomic E-state index is 9.06. The Morgan fingerprint density at radius 2 is 1.92 bits per heavy atom. The molecule has 1 unspecified atom stereocenters. The fourth-order valence-corrected chi connectivity index (χ4v) is 1.61. The Balaban J connectivity index is 3.08. The molecule has 4 heteroatoms. The van der Waals surface area contributed by atoms with Crippen molar-refractivity contribution in [2.24, 2.45) is 0 Å². The largest absolute Gasteiger partial charge is 0.508 e. The molecule has 0 aliphatic rings. The van der Waals surface area contributed by atoms with Crippen LogP contribution in [0.4, 0.5) is 0 Å². The first-order valence-corrected chi connectivity index (χ1v) is 5.49. The predicted molar refractivity (Wildman–Crippen MR) is 58.1 cm³/mol. The second kappa shape index (κ2) is 4.12. The van der Waals surface area contributed by atoms with Crippen LogP contribution in [-0.4, -0.2) is 10.4 Å². The Morgan fingerprint density at radius 1 is 1.38 bits per heavy atom. The average molecular weight is 305 g/mol. The number of hydrogen-bond donors (Lipinski definition) is 1. The van der Waals surface area contributed by atoms with Crippen molar-refractivity contribution in [3.05, 3.63) is 29.8 Å². The van der Waals surface area contributed by atoms with E-state index in [-0.39, 0.29) is 5.75 Å². The molecule has 0 amide bonds. The van der Waals surface area contributed by atoms with Gasteiger partial charge in [0.2, 0.25) is 0 Å². The molecule has 1 aromatic rings. The van der Waals surface area contributed by atoms with Crippen molar-refractivity contribution in [3.8, 4) is 11.8 Å². The molecule has 13 heavy (non-hydrogen) atoms. The highest BCUT2D eigenvalue weighted by molar-refractivity contribution is 9.12. The fraction of sp³-hybridized carbons (Fsp3) is 0.222. The zero-order chi connectivity index (χ0) is 9.90. The minimum absolute atomic E-state index is 0.200. The van der Waals surface area contributed by atoms with Gasteiger partial charge < -0.3 is 5.11 Å². The Kier molecular flexibility index (Phi) is 3.34. The van der Waals surface area contributed by atoms with Crippen molar-refractivity contribution in [1.82, 2.24) is 0 Å². The van der Waals surface area contributed by atoms with E-state index in [9.17, 15) is 0 Å². The molecule has 1 atom stereocenters. The molecule has 2 nitrogen and oxygen atoms in total. The van der Waals surface area contributed by atoms with Gasteiger partial charge in [-0.05, 0) is 17.7 Å². The van der Waals surface area contributed by atoms with Crippen molar-refractivity contribution < 1.29 is 5.11 Å². The number of nitriles is 1. The Labute approximate surface area is 93.4 Å². The van der Waals surface area contributed by atoms with Crippen molar-refractivity contribution in [2.75, 3.05) is 5.33 Å². The molecular weight excluding hydrogens is 298 g/mol. The molecule has 1 N–H and O–H groups in total. The summed E-state index contributed by atoms with van der Waals surface area (Å²) in [6.45, 7) is 0.